The van der Waals surface area contributed by atoms with Crippen molar-refractivity contribution in [2.24, 2.45) is 0 Å². The van der Waals surface area contributed by atoms with E-state index in [1.54, 1.807) is 11.9 Å². The number of nitrogens with zero attached hydrogens (tertiary/aromatic N) is 1. The Balaban J connectivity index is 1.48. The van der Waals surface area contributed by atoms with Crippen molar-refractivity contribution < 1.29 is 9.53 Å². The first kappa shape index (κ1) is 17.1. The van der Waals surface area contributed by atoms with E-state index >= 15 is 0 Å². The van der Waals surface area contributed by atoms with E-state index in [0.717, 1.165) is 16.7 Å². The van der Waals surface area contributed by atoms with Crippen LogP contribution in [0.3, 0.4) is 0 Å². The van der Waals surface area contributed by atoms with E-state index in [0.29, 0.717) is 0 Å². The molecule has 0 radical (unpaired) electrons. The molecule has 134 valence electrons. The summed E-state index contributed by atoms with van der Waals surface area (Å²) in [6.45, 7) is 0.244. The molecule has 3 aromatic rings. The SMILES string of the molecule is CN(C(=O)OC/C=C\c1ccccc1)C1c2ccccc2-c2ccccc21. The molecule has 0 N–H and O–H groups in total. The van der Waals surface area contributed by atoms with Gasteiger partial charge >= 0.3 is 6.09 Å². The van der Waals surface area contributed by atoms with Gasteiger partial charge in [-0.15, -0.1) is 0 Å². The van der Waals surface area contributed by atoms with Crippen molar-refractivity contribution in [2.75, 3.05) is 13.7 Å². The smallest absolute Gasteiger partial charge is 0.410 e. The maximum atomic E-state index is 12.6. The summed E-state index contributed by atoms with van der Waals surface area (Å²) in [4.78, 5) is 14.3. The van der Waals surface area contributed by atoms with Gasteiger partial charge in [0.15, 0.2) is 0 Å². The highest BCUT2D eigenvalue weighted by Crippen LogP contribution is 2.45. The fourth-order valence-electron chi connectivity index (χ4n) is 3.62. The highest BCUT2D eigenvalue weighted by Gasteiger charge is 2.33. The number of amides is 1. The van der Waals surface area contributed by atoms with Crippen LogP contribution in [-0.2, 0) is 4.74 Å². The van der Waals surface area contributed by atoms with Gasteiger partial charge in [-0.05, 0) is 33.9 Å². The maximum Gasteiger partial charge on any atom is 0.410 e. The molecule has 1 aliphatic carbocycles. The highest BCUT2D eigenvalue weighted by molar-refractivity contribution is 5.81. The van der Waals surface area contributed by atoms with Crippen molar-refractivity contribution in [3.63, 3.8) is 0 Å². The lowest BCUT2D eigenvalue weighted by atomic mass is 10.0. The molecule has 3 nitrogen and oxygen atoms in total. The first-order valence-corrected chi connectivity index (χ1v) is 9.05. The predicted molar refractivity (Wildman–Crippen MR) is 108 cm³/mol. The van der Waals surface area contributed by atoms with Gasteiger partial charge in [-0.2, -0.15) is 0 Å². The van der Waals surface area contributed by atoms with Crippen molar-refractivity contribution >= 4 is 12.2 Å². The largest absolute Gasteiger partial charge is 0.445 e. The van der Waals surface area contributed by atoms with Gasteiger partial charge < -0.3 is 9.64 Å². The first-order valence-electron chi connectivity index (χ1n) is 9.05. The summed E-state index contributed by atoms with van der Waals surface area (Å²) in [6.07, 6.45) is 3.48. The fraction of sp³-hybridized carbons (Fsp3) is 0.125. The number of hydrogen-bond donors (Lipinski definition) is 0. The molecule has 1 aliphatic rings. The van der Waals surface area contributed by atoms with Crippen LogP contribution in [0.4, 0.5) is 4.79 Å². The number of hydrogen-bond acceptors (Lipinski definition) is 2. The van der Waals surface area contributed by atoms with E-state index < -0.39 is 0 Å². The lowest BCUT2D eigenvalue weighted by molar-refractivity contribution is 0.113. The number of fused-ring (bicyclic) bond motifs is 3. The highest BCUT2D eigenvalue weighted by atomic mass is 16.6. The van der Waals surface area contributed by atoms with Crippen LogP contribution in [0.5, 0.6) is 0 Å². The van der Waals surface area contributed by atoms with E-state index in [1.165, 1.54) is 11.1 Å². The van der Waals surface area contributed by atoms with E-state index in [9.17, 15) is 4.79 Å². The van der Waals surface area contributed by atoms with Crippen molar-refractivity contribution in [1.82, 2.24) is 4.90 Å². The predicted octanol–water partition coefficient (Wildman–Crippen LogP) is 5.54. The Bertz CT molecular complexity index is 933. The Hall–Kier alpha value is -3.33. The summed E-state index contributed by atoms with van der Waals surface area (Å²) in [5.41, 5.74) is 5.72. The molecule has 0 fully saturated rings. The van der Waals surface area contributed by atoms with E-state index in [-0.39, 0.29) is 18.7 Å². The Morgan fingerprint density at radius 2 is 1.44 bits per heavy atom. The lowest BCUT2D eigenvalue weighted by Crippen LogP contribution is -2.31. The zero-order valence-corrected chi connectivity index (χ0v) is 15.2. The normalized spacial score (nSPS) is 12.6. The second-order valence-corrected chi connectivity index (χ2v) is 6.58. The monoisotopic (exact) mass is 355 g/mol. The van der Waals surface area contributed by atoms with Crippen LogP contribution in [0.15, 0.2) is 84.9 Å². The molecule has 0 aliphatic heterocycles. The van der Waals surface area contributed by atoms with Gasteiger partial charge in [0.1, 0.15) is 6.61 Å². The number of rotatable bonds is 4. The molecule has 3 aromatic carbocycles. The molecular formula is C24H21NO2. The minimum atomic E-state index is -0.329. The zero-order chi connectivity index (χ0) is 18.6. The minimum absolute atomic E-state index is 0.122. The summed E-state index contributed by atoms with van der Waals surface area (Å²) in [5, 5.41) is 0. The number of carbonyl (C=O) groups is 1. The Labute approximate surface area is 159 Å². The minimum Gasteiger partial charge on any atom is -0.445 e. The average molecular weight is 355 g/mol. The second-order valence-electron chi connectivity index (χ2n) is 6.58. The van der Waals surface area contributed by atoms with Crippen LogP contribution < -0.4 is 0 Å². The zero-order valence-electron chi connectivity index (χ0n) is 15.2. The van der Waals surface area contributed by atoms with E-state index in [4.69, 9.17) is 4.74 Å². The summed E-state index contributed by atoms with van der Waals surface area (Å²) < 4.78 is 5.47. The third-order valence-electron chi connectivity index (χ3n) is 4.89. The van der Waals surface area contributed by atoms with Crippen molar-refractivity contribution in [3.05, 3.63) is 102 Å². The standard InChI is InChI=1S/C24H21NO2/c1-25(24(26)27-17-9-12-18-10-3-2-4-11-18)23-21-15-7-5-13-19(21)20-14-6-8-16-22(20)23/h2-16,23H,17H2,1H3/b12-9-. The molecule has 4 rings (SSSR count). The van der Waals surface area contributed by atoms with Crippen LogP contribution in [0, 0.1) is 0 Å². The first-order chi connectivity index (χ1) is 13.3. The second kappa shape index (κ2) is 7.50. The quantitative estimate of drug-likeness (QED) is 0.615. The molecule has 0 bridgehead atoms. The van der Waals surface area contributed by atoms with Crippen LogP contribution in [-0.4, -0.2) is 24.6 Å². The van der Waals surface area contributed by atoms with Crippen LogP contribution in [0.2, 0.25) is 0 Å². The summed E-state index contributed by atoms with van der Waals surface area (Å²) in [6, 6.07) is 26.3. The van der Waals surface area contributed by atoms with Gasteiger partial charge in [0.2, 0.25) is 0 Å². The summed E-state index contributed by atoms with van der Waals surface area (Å²) >= 11 is 0. The van der Waals surface area contributed by atoms with Crippen molar-refractivity contribution in [1.29, 1.82) is 0 Å². The molecule has 27 heavy (non-hydrogen) atoms. The summed E-state index contributed by atoms with van der Waals surface area (Å²) in [5.74, 6) is 0. The Morgan fingerprint density at radius 3 is 2.07 bits per heavy atom. The third kappa shape index (κ3) is 3.36. The molecule has 3 heteroatoms. The van der Waals surface area contributed by atoms with Crippen LogP contribution >= 0.6 is 0 Å². The van der Waals surface area contributed by atoms with Gasteiger partial charge in [0.25, 0.3) is 0 Å². The molecule has 0 heterocycles. The average Bonchev–Trinajstić information content (AvgIpc) is 3.06. The molecule has 0 atom stereocenters. The van der Waals surface area contributed by atoms with Gasteiger partial charge in [0, 0.05) is 7.05 Å². The van der Waals surface area contributed by atoms with Gasteiger partial charge in [-0.25, -0.2) is 4.79 Å². The van der Waals surface area contributed by atoms with Crippen LogP contribution in [0.1, 0.15) is 22.7 Å². The Morgan fingerprint density at radius 1 is 0.889 bits per heavy atom. The maximum absolute atomic E-state index is 12.6. The van der Waals surface area contributed by atoms with Crippen LogP contribution in [0.25, 0.3) is 17.2 Å². The van der Waals surface area contributed by atoms with Gasteiger partial charge in [-0.1, -0.05) is 84.9 Å². The number of ether oxygens (including phenoxy) is 1. The number of benzene rings is 3. The van der Waals surface area contributed by atoms with E-state index in [1.807, 2.05) is 66.7 Å². The molecule has 1 amide bonds. The fourth-order valence-corrected chi connectivity index (χ4v) is 3.62. The molecule has 0 aromatic heterocycles. The molecule has 0 spiro atoms. The molecule has 0 unspecified atom stereocenters. The number of carbonyl (C=O) groups excluding carboxylic acids is 1. The molecule has 0 saturated heterocycles. The summed E-state index contributed by atoms with van der Waals surface area (Å²) in [7, 11) is 1.80. The lowest BCUT2D eigenvalue weighted by Gasteiger charge is -2.25. The van der Waals surface area contributed by atoms with Gasteiger partial charge in [-0.3, -0.25) is 0 Å². The Kier molecular flexibility index (Phi) is 4.75. The van der Waals surface area contributed by atoms with Crippen molar-refractivity contribution in [3.8, 4) is 11.1 Å². The van der Waals surface area contributed by atoms with Gasteiger partial charge in [0.05, 0.1) is 6.04 Å². The van der Waals surface area contributed by atoms with Crippen molar-refractivity contribution in [2.45, 2.75) is 6.04 Å². The topological polar surface area (TPSA) is 29.5 Å². The molecular weight excluding hydrogens is 334 g/mol. The van der Waals surface area contributed by atoms with E-state index in [2.05, 4.69) is 24.3 Å². The third-order valence-corrected chi connectivity index (χ3v) is 4.89. The molecule has 0 saturated carbocycles.